The molecule has 164 valence electrons. The molecule has 1 unspecified atom stereocenters. The first-order valence-electron chi connectivity index (χ1n) is 10.0. The lowest BCUT2D eigenvalue weighted by atomic mass is 10.1. The molecule has 1 aliphatic rings. The number of likely N-dealkylation sites (tertiary alicyclic amines) is 1. The van der Waals surface area contributed by atoms with Crippen LogP contribution in [0.1, 0.15) is 25.1 Å². The van der Waals surface area contributed by atoms with Gasteiger partial charge in [0.15, 0.2) is 5.82 Å². The lowest BCUT2D eigenvalue weighted by Crippen LogP contribution is -2.27. The van der Waals surface area contributed by atoms with Crippen molar-refractivity contribution in [2.24, 2.45) is 0 Å². The van der Waals surface area contributed by atoms with Crippen LogP contribution in [-0.2, 0) is 3.79 Å². The van der Waals surface area contributed by atoms with Crippen molar-refractivity contribution in [3.05, 3.63) is 48.5 Å². The molecule has 8 nitrogen and oxygen atoms in total. The number of alkyl halides is 3. The van der Waals surface area contributed by atoms with E-state index in [-0.39, 0.29) is 5.82 Å². The number of benzene rings is 1. The van der Waals surface area contributed by atoms with Crippen LogP contribution in [0.25, 0.3) is 5.69 Å². The Kier molecular flexibility index (Phi) is 6.81. The average molecular weight is 482 g/mol. The van der Waals surface area contributed by atoms with Gasteiger partial charge in [0.25, 0.3) is 0 Å². The maximum atomic E-state index is 6.05. The molecule has 0 radical (unpaired) electrons. The third kappa shape index (κ3) is 5.77. The largest absolute Gasteiger partial charge is 0.354 e. The third-order valence-corrected chi connectivity index (χ3v) is 5.72. The quantitative estimate of drug-likeness (QED) is 0.480. The van der Waals surface area contributed by atoms with Gasteiger partial charge in [-0.1, -0.05) is 34.8 Å². The number of nitrogens with zero attached hydrogens (tertiary/aromatic N) is 6. The van der Waals surface area contributed by atoms with Crippen molar-refractivity contribution < 1.29 is 0 Å². The molecule has 1 atom stereocenters. The van der Waals surface area contributed by atoms with Crippen molar-refractivity contribution in [3.8, 4) is 5.69 Å². The summed E-state index contributed by atoms with van der Waals surface area (Å²) in [5, 5.41) is 10.6. The Morgan fingerprint density at radius 1 is 1.10 bits per heavy atom. The maximum Gasteiger partial charge on any atom is 0.250 e. The summed E-state index contributed by atoms with van der Waals surface area (Å²) in [7, 11) is 2.15. The van der Waals surface area contributed by atoms with Crippen LogP contribution in [0.3, 0.4) is 0 Å². The van der Waals surface area contributed by atoms with Crippen LogP contribution in [0.15, 0.2) is 42.7 Å². The first-order valence-corrected chi connectivity index (χ1v) is 11.2. The molecule has 1 saturated heterocycles. The van der Waals surface area contributed by atoms with E-state index in [2.05, 4.69) is 42.6 Å². The number of nitrogens with one attached hydrogen (secondary N) is 2. The predicted molar refractivity (Wildman–Crippen MR) is 125 cm³/mol. The molecule has 11 heteroatoms. The van der Waals surface area contributed by atoms with Gasteiger partial charge < -0.3 is 15.5 Å². The van der Waals surface area contributed by atoms with Gasteiger partial charge in [-0.3, -0.25) is 0 Å². The number of hydrogen-bond donors (Lipinski definition) is 2. The number of aromatic nitrogens is 5. The van der Waals surface area contributed by atoms with Crippen LogP contribution in [0.4, 0.5) is 17.6 Å². The highest BCUT2D eigenvalue weighted by Gasteiger charge is 2.28. The first kappa shape index (κ1) is 22.1. The summed E-state index contributed by atoms with van der Waals surface area (Å²) in [4.78, 5) is 15.4. The minimum Gasteiger partial charge on any atom is -0.354 e. The van der Waals surface area contributed by atoms with Gasteiger partial charge in [-0.05, 0) is 63.2 Å². The molecule has 1 aliphatic heterocycles. The summed E-state index contributed by atoms with van der Waals surface area (Å²) in [5.74, 6) is 0.722. The van der Waals surface area contributed by atoms with E-state index in [1.165, 1.54) is 12.8 Å². The van der Waals surface area contributed by atoms with E-state index in [0.717, 1.165) is 30.9 Å². The second-order valence-corrected chi connectivity index (χ2v) is 9.70. The summed E-state index contributed by atoms with van der Waals surface area (Å²) in [6, 6.07) is 10.1. The Morgan fingerprint density at radius 2 is 1.87 bits per heavy atom. The molecule has 0 amide bonds. The first-order chi connectivity index (χ1) is 14.9. The zero-order valence-electron chi connectivity index (χ0n) is 17.0. The molecular weight excluding hydrogens is 459 g/mol. The highest BCUT2D eigenvalue weighted by molar-refractivity contribution is 6.66. The predicted octanol–water partition coefficient (Wildman–Crippen LogP) is 4.52. The third-order valence-electron chi connectivity index (χ3n) is 5.21. The zero-order chi connectivity index (χ0) is 21.8. The topological polar surface area (TPSA) is 83.8 Å². The summed E-state index contributed by atoms with van der Waals surface area (Å²) in [5.41, 5.74) is 1.73. The van der Waals surface area contributed by atoms with Gasteiger partial charge in [0, 0.05) is 30.7 Å². The molecule has 0 aliphatic carbocycles. The molecule has 1 fully saturated rings. The molecule has 3 heterocycles. The lowest BCUT2D eigenvalue weighted by Gasteiger charge is -2.19. The molecular formula is C20H23Cl3N8. The maximum absolute atomic E-state index is 6.05. The monoisotopic (exact) mass is 480 g/mol. The van der Waals surface area contributed by atoms with Gasteiger partial charge in [-0.25, -0.2) is 4.68 Å². The van der Waals surface area contributed by atoms with E-state index in [1.807, 2.05) is 36.5 Å². The van der Waals surface area contributed by atoms with Gasteiger partial charge in [-0.15, -0.1) is 0 Å². The zero-order valence-corrected chi connectivity index (χ0v) is 19.2. The van der Waals surface area contributed by atoms with Crippen molar-refractivity contribution in [1.29, 1.82) is 0 Å². The number of halogens is 3. The standard InChI is InChI=1S/C20H23Cl3N8/c1-30-12-2-4-15(30)9-11-24-18-27-17(20(21,22)23)28-19(29-18)26-14-5-7-16(8-6-14)31-13-3-10-25-31/h3,5-8,10,13,15H,2,4,9,11-12H2,1H3,(H2,24,26,27,28,29). The van der Waals surface area contributed by atoms with Crippen LogP contribution < -0.4 is 10.6 Å². The van der Waals surface area contributed by atoms with Crippen LogP contribution in [0.2, 0.25) is 0 Å². The van der Waals surface area contributed by atoms with Gasteiger partial charge in [-0.2, -0.15) is 20.1 Å². The highest BCUT2D eigenvalue weighted by atomic mass is 35.6. The molecule has 3 aromatic rings. The molecule has 2 N–H and O–H groups in total. The van der Waals surface area contributed by atoms with Crippen molar-refractivity contribution in [2.75, 3.05) is 30.8 Å². The Hall–Kier alpha value is -2.13. The molecule has 0 bridgehead atoms. The van der Waals surface area contributed by atoms with Crippen molar-refractivity contribution in [1.82, 2.24) is 29.6 Å². The average Bonchev–Trinajstić information content (AvgIpc) is 3.40. The van der Waals surface area contributed by atoms with Gasteiger partial charge in [0.2, 0.25) is 15.7 Å². The Morgan fingerprint density at radius 3 is 2.52 bits per heavy atom. The molecule has 31 heavy (non-hydrogen) atoms. The molecule has 0 saturated carbocycles. The van der Waals surface area contributed by atoms with Crippen LogP contribution in [-0.4, -0.2) is 55.8 Å². The fraction of sp³-hybridized carbons (Fsp3) is 0.400. The molecule has 1 aromatic carbocycles. The van der Waals surface area contributed by atoms with E-state index in [1.54, 1.807) is 10.9 Å². The minimum atomic E-state index is -1.76. The van der Waals surface area contributed by atoms with Gasteiger partial charge in [0.1, 0.15) is 0 Å². The van der Waals surface area contributed by atoms with E-state index in [9.17, 15) is 0 Å². The summed E-state index contributed by atoms with van der Waals surface area (Å²) in [6.07, 6.45) is 7.04. The molecule has 4 rings (SSSR count). The van der Waals surface area contributed by atoms with E-state index < -0.39 is 3.79 Å². The number of rotatable bonds is 7. The molecule has 2 aromatic heterocycles. The lowest BCUT2D eigenvalue weighted by molar-refractivity contribution is 0.301. The second-order valence-electron chi connectivity index (χ2n) is 7.42. The van der Waals surface area contributed by atoms with E-state index in [0.29, 0.717) is 17.9 Å². The Bertz CT molecular complexity index is 989. The van der Waals surface area contributed by atoms with Crippen LogP contribution in [0, 0.1) is 0 Å². The number of hydrogen-bond acceptors (Lipinski definition) is 7. The Balaban J connectivity index is 1.47. The van der Waals surface area contributed by atoms with Crippen LogP contribution >= 0.6 is 34.8 Å². The number of anilines is 3. The van der Waals surface area contributed by atoms with E-state index in [4.69, 9.17) is 34.8 Å². The fourth-order valence-corrected chi connectivity index (χ4v) is 3.83. The Labute approximate surface area is 195 Å². The molecule has 0 spiro atoms. The van der Waals surface area contributed by atoms with Crippen molar-refractivity contribution in [3.63, 3.8) is 0 Å². The van der Waals surface area contributed by atoms with Crippen LogP contribution in [0.5, 0.6) is 0 Å². The summed E-state index contributed by atoms with van der Waals surface area (Å²) < 4.78 is 0.0168. The fourth-order valence-electron chi connectivity index (χ4n) is 3.58. The van der Waals surface area contributed by atoms with E-state index >= 15 is 0 Å². The summed E-state index contributed by atoms with van der Waals surface area (Å²) >= 11 is 18.1. The van der Waals surface area contributed by atoms with Gasteiger partial charge >= 0.3 is 0 Å². The van der Waals surface area contributed by atoms with Gasteiger partial charge in [0.05, 0.1) is 5.69 Å². The van der Waals surface area contributed by atoms with Crippen molar-refractivity contribution >= 4 is 52.4 Å². The summed E-state index contributed by atoms with van der Waals surface area (Å²) in [6.45, 7) is 1.86. The van der Waals surface area contributed by atoms with Crippen molar-refractivity contribution in [2.45, 2.75) is 29.1 Å². The smallest absolute Gasteiger partial charge is 0.250 e. The SMILES string of the molecule is CN1CCCC1CCNc1nc(Nc2ccc(-n3cccn3)cc2)nc(C(Cl)(Cl)Cl)n1. The highest BCUT2D eigenvalue weighted by Crippen LogP contribution is 2.36. The minimum absolute atomic E-state index is 0.0589. The normalized spacial score (nSPS) is 17.1. The second kappa shape index (κ2) is 9.56.